The second-order valence-electron chi connectivity index (χ2n) is 15.8. The van der Waals surface area contributed by atoms with Crippen LogP contribution in [0.15, 0.2) is 54.6 Å². The summed E-state index contributed by atoms with van der Waals surface area (Å²) in [5.74, 6) is -3.85. The van der Waals surface area contributed by atoms with Gasteiger partial charge in [-0.1, -0.05) is 90.9 Å². The van der Waals surface area contributed by atoms with Gasteiger partial charge in [-0.05, 0) is 86.8 Å². The molecule has 0 saturated carbocycles. The highest BCUT2D eigenvalue weighted by Crippen LogP contribution is 2.22. The lowest BCUT2D eigenvalue weighted by Gasteiger charge is -2.27. The molecule has 5 atom stereocenters. The first-order chi connectivity index (χ1) is 26.9. The first kappa shape index (κ1) is 48.3. The molecule has 6 N–H and O–H groups in total. The molecule has 57 heavy (non-hydrogen) atoms. The van der Waals surface area contributed by atoms with E-state index in [1.165, 1.54) is 6.92 Å². The molecule has 0 heterocycles. The molecule has 316 valence electrons. The molecule has 14 nitrogen and oxygen atoms in total. The lowest BCUT2D eigenvalue weighted by molar-refractivity contribution is -0.146. The van der Waals surface area contributed by atoms with E-state index in [1.807, 2.05) is 56.3 Å². The number of benzene rings is 2. The predicted molar refractivity (Wildman–Crippen MR) is 220 cm³/mol. The summed E-state index contributed by atoms with van der Waals surface area (Å²) in [5.41, 5.74) is 2.14. The van der Waals surface area contributed by atoms with Crippen LogP contribution >= 0.6 is 0 Å². The quantitative estimate of drug-likeness (QED) is 0.0725. The monoisotopic (exact) mass is 794 g/mol. The van der Waals surface area contributed by atoms with E-state index in [0.29, 0.717) is 12.0 Å². The molecule has 0 aliphatic carbocycles. The van der Waals surface area contributed by atoms with Crippen LogP contribution in [-0.4, -0.2) is 109 Å². The number of aliphatic hydroxyl groups is 1. The maximum absolute atomic E-state index is 13.8. The highest BCUT2D eigenvalue weighted by molar-refractivity contribution is 5.99. The summed E-state index contributed by atoms with van der Waals surface area (Å²) in [6.07, 6.45) is 1.94. The molecule has 0 aliphatic rings. The van der Waals surface area contributed by atoms with Crippen molar-refractivity contribution in [1.29, 1.82) is 0 Å². The van der Waals surface area contributed by atoms with Gasteiger partial charge in [-0.25, -0.2) is 4.79 Å². The van der Waals surface area contributed by atoms with Gasteiger partial charge >= 0.3 is 5.97 Å². The minimum absolute atomic E-state index is 0.0479. The Morgan fingerprint density at radius 1 is 0.702 bits per heavy atom. The van der Waals surface area contributed by atoms with E-state index < -0.39 is 72.3 Å². The van der Waals surface area contributed by atoms with Crippen LogP contribution in [0.4, 0.5) is 0 Å². The van der Waals surface area contributed by atoms with Crippen molar-refractivity contribution in [3.05, 3.63) is 71.3 Å². The zero-order chi connectivity index (χ0) is 42.7. The van der Waals surface area contributed by atoms with E-state index in [9.17, 15) is 33.9 Å². The first-order valence-electron chi connectivity index (χ1n) is 20.0. The third-order valence-corrected chi connectivity index (χ3v) is 9.74. The molecule has 0 unspecified atom stereocenters. The second kappa shape index (κ2) is 24.1. The number of rotatable bonds is 23. The van der Waals surface area contributed by atoms with Gasteiger partial charge in [0.1, 0.15) is 24.2 Å². The average Bonchev–Trinajstić information content (AvgIpc) is 3.18. The largest absolute Gasteiger partial charge is 0.467 e. The fourth-order valence-electron chi connectivity index (χ4n) is 6.16. The summed E-state index contributed by atoms with van der Waals surface area (Å²) in [6.45, 7) is 17.4. The molecule has 0 spiro atoms. The van der Waals surface area contributed by atoms with Crippen LogP contribution < -0.4 is 26.6 Å². The number of hydrogen-bond acceptors (Lipinski definition) is 9. The molecule has 2 rings (SSSR count). The number of carbonyl (C=O) groups excluding carboxylic acids is 6. The minimum Gasteiger partial charge on any atom is -0.467 e. The summed E-state index contributed by atoms with van der Waals surface area (Å²) < 4.78 is 4.68. The molecule has 0 radical (unpaired) electrons. The summed E-state index contributed by atoms with van der Waals surface area (Å²) in [4.78, 5) is 82.3. The number of nitrogens with one attached hydrogen (secondary N) is 5. The van der Waals surface area contributed by atoms with Gasteiger partial charge in [-0.3, -0.25) is 24.0 Å². The molecule has 5 amide bonds. The Hall–Kier alpha value is -4.82. The molecular formula is C43H66N6O8. The van der Waals surface area contributed by atoms with Crippen molar-refractivity contribution in [3.8, 4) is 0 Å². The van der Waals surface area contributed by atoms with Crippen molar-refractivity contribution in [1.82, 2.24) is 31.5 Å². The highest BCUT2D eigenvalue weighted by Gasteiger charge is 2.32. The SMILES string of the molecule is CCN(CC)CCCC[C@H](NC(=O)[C@@H](CC(C)C)NC(=O)[C@H](C)NC(=O)[C@H](Cc1ccccc1)NC(=O)c1ccc(C(C)(C)C)cc1)C(=O)N[C@@H](CO)C(=O)OC. The first-order valence-corrected chi connectivity index (χ1v) is 20.0. The van der Waals surface area contributed by atoms with Gasteiger partial charge in [0, 0.05) is 12.0 Å². The fourth-order valence-corrected chi connectivity index (χ4v) is 6.16. The standard InChI is InChI=1S/C43H66N6O8/c1-10-49(11-2)24-16-15-19-33(39(53)48-36(27-50)42(56)57-9)45-41(55)34(25-28(3)4)46-37(51)29(5)44-40(54)35(26-30-17-13-12-14-18-30)47-38(52)31-20-22-32(23-21-31)43(6,7)8/h12-14,17-18,20-23,28-29,33-36,50H,10-11,15-16,19,24-27H2,1-9H3,(H,44,54)(H,45,55)(H,46,51)(H,47,52)(H,48,53)/t29-,33-,34+,35-,36-/m0/s1. The number of esters is 1. The van der Waals surface area contributed by atoms with E-state index in [-0.39, 0.29) is 30.6 Å². The Balaban J connectivity index is 2.23. The predicted octanol–water partition coefficient (Wildman–Crippen LogP) is 3.01. The van der Waals surface area contributed by atoms with Gasteiger partial charge in [0.15, 0.2) is 6.04 Å². The van der Waals surface area contributed by atoms with Crippen molar-refractivity contribution >= 4 is 35.5 Å². The molecule has 14 heteroatoms. The number of methoxy groups -OCH3 is 1. The number of aliphatic hydroxyl groups excluding tert-OH is 1. The van der Waals surface area contributed by atoms with Crippen molar-refractivity contribution in [2.45, 2.75) is 123 Å². The number of unbranched alkanes of at least 4 members (excludes halogenated alkanes) is 1. The van der Waals surface area contributed by atoms with Crippen molar-refractivity contribution in [3.63, 3.8) is 0 Å². The van der Waals surface area contributed by atoms with E-state index in [2.05, 4.69) is 70.8 Å². The van der Waals surface area contributed by atoms with Crippen LogP contribution in [0.1, 0.15) is 103 Å². The maximum Gasteiger partial charge on any atom is 0.330 e. The van der Waals surface area contributed by atoms with Crippen molar-refractivity contribution in [2.75, 3.05) is 33.4 Å². The third kappa shape index (κ3) is 16.7. The number of nitrogens with zero attached hydrogens (tertiary/aromatic N) is 1. The number of hydrogen-bond donors (Lipinski definition) is 6. The molecule has 0 saturated heterocycles. The second-order valence-corrected chi connectivity index (χ2v) is 15.8. The molecule has 0 aliphatic heterocycles. The van der Waals surface area contributed by atoms with Gasteiger partial charge in [0.25, 0.3) is 5.91 Å². The van der Waals surface area contributed by atoms with Crippen LogP contribution in [-0.2, 0) is 40.5 Å². The van der Waals surface area contributed by atoms with Crippen LogP contribution in [0, 0.1) is 5.92 Å². The topological polar surface area (TPSA) is 195 Å². The molecule has 0 aromatic heterocycles. The Morgan fingerprint density at radius 2 is 1.26 bits per heavy atom. The zero-order valence-corrected chi connectivity index (χ0v) is 35.3. The zero-order valence-electron chi connectivity index (χ0n) is 35.3. The van der Waals surface area contributed by atoms with Gasteiger partial charge in [0.05, 0.1) is 13.7 Å². The normalized spacial score (nSPS) is 14.1. The Bertz CT molecular complexity index is 1590. The lowest BCUT2D eigenvalue weighted by atomic mass is 9.86. The van der Waals surface area contributed by atoms with Gasteiger partial charge < -0.3 is 41.3 Å². The summed E-state index contributed by atoms with van der Waals surface area (Å²) in [5, 5.41) is 23.2. The molecule has 0 fully saturated rings. The van der Waals surface area contributed by atoms with E-state index >= 15 is 0 Å². The summed E-state index contributed by atoms with van der Waals surface area (Å²) >= 11 is 0. The van der Waals surface area contributed by atoms with Crippen molar-refractivity contribution < 1.29 is 38.6 Å². The van der Waals surface area contributed by atoms with E-state index in [4.69, 9.17) is 0 Å². The van der Waals surface area contributed by atoms with E-state index in [0.717, 1.165) is 44.3 Å². The van der Waals surface area contributed by atoms with Crippen molar-refractivity contribution in [2.24, 2.45) is 5.92 Å². The minimum atomic E-state index is -1.32. The van der Waals surface area contributed by atoms with Crippen LogP contribution in [0.3, 0.4) is 0 Å². The molecular weight excluding hydrogens is 729 g/mol. The van der Waals surface area contributed by atoms with Gasteiger partial charge in [-0.2, -0.15) is 0 Å². The van der Waals surface area contributed by atoms with Crippen LogP contribution in [0.5, 0.6) is 0 Å². The fraction of sp³-hybridized carbons (Fsp3) is 0.581. The van der Waals surface area contributed by atoms with Crippen LogP contribution in [0.25, 0.3) is 0 Å². The smallest absolute Gasteiger partial charge is 0.330 e. The number of amides is 5. The van der Waals surface area contributed by atoms with E-state index in [1.54, 1.807) is 12.1 Å². The highest BCUT2D eigenvalue weighted by atomic mass is 16.5. The number of carbonyl (C=O) groups is 6. The van der Waals surface area contributed by atoms with Gasteiger partial charge in [0.2, 0.25) is 23.6 Å². The Morgan fingerprint density at radius 3 is 1.81 bits per heavy atom. The average molecular weight is 795 g/mol. The Labute approximate surface area is 338 Å². The lowest BCUT2D eigenvalue weighted by Crippen LogP contribution is -2.59. The molecule has 0 bridgehead atoms. The maximum atomic E-state index is 13.8. The number of ether oxygens (including phenoxy) is 1. The summed E-state index contributed by atoms with van der Waals surface area (Å²) in [6, 6.07) is 10.8. The molecule has 2 aromatic carbocycles. The third-order valence-electron chi connectivity index (χ3n) is 9.74. The summed E-state index contributed by atoms with van der Waals surface area (Å²) in [7, 11) is 1.14. The Kier molecular flexibility index (Phi) is 20.4. The van der Waals surface area contributed by atoms with Gasteiger partial charge in [-0.15, -0.1) is 0 Å². The van der Waals surface area contributed by atoms with Crippen LogP contribution in [0.2, 0.25) is 0 Å². The molecule has 2 aromatic rings.